The number of rotatable bonds is 8. The van der Waals surface area contributed by atoms with Crippen molar-refractivity contribution in [3.05, 3.63) is 0 Å². The number of nitrogens with one attached hydrogen (secondary N) is 1. The van der Waals surface area contributed by atoms with E-state index in [0.717, 1.165) is 19.3 Å². The molecule has 1 unspecified atom stereocenters. The van der Waals surface area contributed by atoms with E-state index in [9.17, 15) is 9.59 Å². The fourth-order valence-corrected chi connectivity index (χ4v) is 1.33. The summed E-state index contributed by atoms with van der Waals surface area (Å²) in [5, 5.41) is 11.2. The summed E-state index contributed by atoms with van der Waals surface area (Å²) >= 11 is 0. The molecular weight excluding hydrogens is 194 g/mol. The number of carbonyl (C=O) groups excluding carboxylic acids is 1. The van der Waals surface area contributed by atoms with Crippen LogP contribution in [-0.4, -0.2) is 23.0 Å². The minimum absolute atomic E-state index is 0.0418. The average molecular weight is 215 g/mol. The molecule has 0 aromatic carbocycles. The van der Waals surface area contributed by atoms with Crippen LogP contribution in [0, 0.1) is 0 Å². The van der Waals surface area contributed by atoms with Crippen LogP contribution in [0.1, 0.15) is 52.4 Å². The first-order valence-corrected chi connectivity index (χ1v) is 5.57. The monoisotopic (exact) mass is 215 g/mol. The molecule has 0 saturated heterocycles. The number of carboxylic acid groups (broad SMARTS) is 1. The third-order valence-electron chi connectivity index (χ3n) is 2.19. The molecule has 0 aliphatic heterocycles. The average Bonchev–Trinajstić information content (AvgIpc) is 2.14. The number of carbonyl (C=O) groups is 2. The highest BCUT2D eigenvalue weighted by Gasteiger charge is 2.07. The number of aliphatic carboxylic acids is 1. The van der Waals surface area contributed by atoms with Crippen molar-refractivity contribution < 1.29 is 14.7 Å². The molecule has 0 aliphatic rings. The number of amides is 1. The van der Waals surface area contributed by atoms with E-state index in [2.05, 4.69) is 12.2 Å². The molecule has 0 spiro atoms. The first-order chi connectivity index (χ1) is 7.06. The lowest BCUT2D eigenvalue weighted by Gasteiger charge is -2.12. The maximum Gasteiger partial charge on any atom is 0.303 e. The number of hydrogen-bond donors (Lipinski definition) is 2. The number of unbranched alkanes of at least 4 members (excludes halogenated alkanes) is 1. The van der Waals surface area contributed by atoms with E-state index in [4.69, 9.17) is 5.11 Å². The van der Waals surface area contributed by atoms with Crippen LogP contribution in [0.4, 0.5) is 0 Å². The van der Waals surface area contributed by atoms with Gasteiger partial charge in [0.2, 0.25) is 5.91 Å². The van der Waals surface area contributed by atoms with Gasteiger partial charge < -0.3 is 10.4 Å². The molecule has 4 nitrogen and oxygen atoms in total. The van der Waals surface area contributed by atoms with Crippen molar-refractivity contribution >= 4 is 11.9 Å². The molecule has 1 atom stereocenters. The molecule has 88 valence electrons. The second kappa shape index (κ2) is 8.26. The van der Waals surface area contributed by atoms with Crippen LogP contribution in [0.3, 0.4) is 0 Å². The summed E-state index contributed by atoms with van der Waals surface area (Å²) in [5.74, 6) is -0.887. The fraction of sp³-hybridized carbons (Fsp3) is 0.818. The van der Waals surface area contributed by atoms with Crippen molar-refractivity contribution in [1.29, 1.82) is 0 Å². The molecule has 0 radical (unpaired) electrons. The van der Waals surface area contributed by atoms with Gasteiger partial charge in [-0.15, -0.1) is 0 Å². The smallest absolute Gasteiger partial charge is 0.303 e. The van der Waals surface area contributed by atoms with Gasteiger partial charge in [0, 0.05) is 18.9 Å². The molecule has 15 heavy (non-hydrogen) atoms. The number of carboxylic acids is 1. The quantitative estimate of drug-likeness (QED) is 0.650. The minimum atomic E-state index is -0.846. The topological polar surface area (TPSA) is 66.4 Å². The van der Waals surface area contributed by atoms with E-state index in [0.29, 0.717) is 12.8 Å². The molecule has 0 saturated carbocycles. The van der Waals surface area contributed by atoms with Gasteiger partial charge in [0.15, 0.2) is 0 Å². The van der Waals surface area contributed by atoms with Crippen LogP contribution in [0.15, 0.2) is 0 Å². The Labute approximate surface area is 91.1 Å². The SMILES string of the molecule is CCCCC(C)NC(=O)CCCC(=O)O. The van der Waals surface area contributed by atoms with E-state index < -0.39 is 5.97 Å². The first kappa shape index (κ1) is 13.9. The summed E-state index contributed by atoms with van der Waals surface area (Å²) in [6, 6.07) is 0.197. The predicted molar refractivity (Wildman–Crippen MR) is 58.6 cm³/mol. The summed E-state index contributed by atoms with van der Waals surface area (Å²) in [7, 11) is 0. The molecule has 0 rings (SSSR count). The summed E-state index contributed by atoms with van der Waals surface area (Å²) in [5.41, 5.74) is 0. The maximum absolute atomic E-state index is 11.3. The molecule has 0 heterocycles. The molecule has 0 fully saturated rings. The van der Waals surface area contributed by atoms with E-state index in [-0.39, 0.29) is 18.4 Å². The largest absolute Gasteiger partial charge is 0.481 e. The summed E-state index contributed by atoms with van der Waals surface area (Å²) in [6.45, 7) is 4.09. The van der Waals surface area contributed by atoms with Gasteiger partial charge in [-0.25, -0.2) is 0 Å². The fourth-order valence-electron chi connectivity index (χ4n) is 1.33. The molecule has 0 aromatic heterocycles. The van der Waals surface area contributed by atoms with Gasteiger partial charge in [0.05, 0.1) is 0 Å². The van der Waals surface area contributed by atoms with E-state index in [1.54, 1.807) is 0 Å². The Kier molecular flexibility index (Phi) is 7.68. The van der Waals surface area contributed by atoms with Gasteiger partial charge in [-0.05, 0) is 19.8 Å². The van der Waals surface area contributed by atoms with Crippen LogP contribution in [0.25, 0.3) is 0 Å². The van der Waals surface area contributed by atoms with Crippen molar-refractivity contribution in [2.75, 3.05) is 0 Å². The van der Waals surface area contributed by atoms with Gasteiger partial charge in [-0.3, -0.25) is 9.59 Å². The standard InChI is InChI=1S/C11H21NO3/c1-3-4-6-9(2)12-10(13)7-5-8-11(14)15/h9H,3-8H2,1-2H3,(H,12,13)(H,14,15). The number of hydrogen-bond acceptors (Lipinski definition) is 2. The van der Waals surface area contributed by atoms with Crippen LogP contribution < -0.4 is 5.32 Å². The van der Waals surface area contributed by atoms with Gasteiger partial charge in [0.25, 0.3) is 0 Å². The highest BCUT2D eigenvalue weighted by Crippen LogP contribution is 2.01. The molecule has 1 amide bonds. The van der Waals surface area contributed by atoms with E-state index in [1.165, 1.54) is 0 Å². The normalized spacial score (nSPS) is 12.1. The molecule has 0 aromatic rings. The van der Waals surface area contributed by atoms with Gasteiger partial charge in [-0.2, -0.15) is 0 Å². The third kappa shape index (κ3) is 9.25. The molecule has 0 aliphatic carbocycles. The highest BCUT2D eigenvalue weighted by molar-refractivity contribution is 5.76. The van der Waals surface area contributed by atoms with Crippen LogP contribution >= 0.6 is 0 Å². The van der Waals surface area contributed by atoms with Gasteiger partial charge >= 0.3 is 5.97 Å². The van der Waals surface area contributed by atoms with Crippen molar-refractivity contribution in [3.63, 3.8) is 0 Å². The zero-order chi connectivity index (χ0) is 11.7. The van der Waals surface area contributed by atoms with Crippen LogP contribution in [0.2, 0.25) is 0 Å². The lowest BCUT2D eigenvalue weighted by atomic mass is 10.1. The Balaban J connectivity index is 3.50. The zero-order valence-corrected chi connectivity index (χ0v) is 9.58. The first-order valence-electron chi connectivity index (χ1n) is 5.57. The van der Waals surface area contributed by atoms with Gasteiger partial charge in [0.1, 0.15) is 0 Å². The second-order valence-corrected chi connectivity index (χ2v) is 3.86. The lowest BCUT2D eigenvalue weighted by Crippen LogP contribution is -2.32. The van der Waals surface area contributed by atoms with E-state index >= 15 is 0 Å². The van der Waals surface area contributed by atoms with Gasteiger partial charge in [-0.1, -0.05) is 19.8 Å². The minimum Gasteiger partial charge on any atom is -0.481 e. The molecule has 0 bridgehead atoms. The second-order valence-electron chi connectivity index (χ2n) is 3.86. The Morgan fingerprint density at radius 1 is 1.27 bits per heavy atom. The molecular formula is C11H21NO3. The van der Waals surface area contributed by atoms with E-state index in [1.807, 2.05) is 6.92 Å². The summed E-state index contributed by atoms with van der Waals surface area (Å²) in [6.07, 6.45) is 4.01. The van der Waals surface area contributed by atoms with Crippen LogP contribution in [-0.2, 0) is 9.59 Å². The maximum atomic E-state index is 11.3. The highest BCUT2D eigenvalue weighted by atomic mass is 16.4. The van der Waals surface area contributed by atoms with Crippen molar-refractivity contribution in [2.45, 2.75) is 58.4 Å². The van der Waals surface area contributed by atoms with Crippen LogP contribution in [0.5, 0.6) is 0 Å². The van der Waals surface area contributed by atoms with Crippen molar-refractivity contribution in [1.82, 2.24) is 5.32 Å². The summed E-state index contributed by atoms with van der Waals surface area (Å²) in [4.78, 5) is 21.5. The molecule has 2 N–H and O–H groups in total. The zero-order valence-electron chi connectivity index (χ0n) is 9.58. The Bertz CT molecular complexity index is 204. The van der Waals surface area contributed by atoms with Crippen molar-refractivity contribution in [3.8, 4) is 0 Å². The third-order valence-corrected chi connectivity index (χ3v) is 2.19. The Morgan fingerprint density at radius 3 is 2.47 bits per heavy atom. The Morgan fingerprint density at radius 2 is 1.93 bits per heavy atom. The predicted octanol–water partition coefficient (Wildman–Crippen LogP) is 1.94. The lowest BCUT2D eigenvalue weighted by molar-refractivity contribution is -0.137. The molecule has 4 heteroatoms. The summed E-state index contributed by atoms with van der Waals surface area (Å²) < 4.78 is 0. The van der Waals surface area contributed by atoms with Crippen molar-refractivity contribution in [2.24, 2.45) is 0 Å². The Hall–Kier alpha value is -1.06.